The second-order valence-electron chi connectivity index (χ2n) is 9.95. The Bertz CT molecular complexity index is 2540. The highest BCUT2D eigenvalue weighted by Crippen LogP contribution is 2.34. The van der Waals surface area contributed by atoms with Gasteiger partial charge in [-0.1, -0.05) is 127 Å². The molecule has 8 rings (SSSR count). The van der Waals surface area contributed by atoms with Gasteiger partial charge in [0, 0.05) is 33.2 Å². The fourth-order valence-corrected chi connectivity index (χ4v) is 5.28. The molecular weight excluding hydrogens is 524 g/mol. The summed E-state index contributed by atoms with van der Waals surface area (Å²) in [5.74, 6) is 1.55. The fraction of sp³-hybridized carbons (Fsp3) is 0. The van der Waals surface area contributed by atoms with Crippen molar-refractivity contribution in [1.82, 2.24) is 19.5 Å². The minimum atomic E-state index is -0.478. The molecule has 0 N–H and O–H groups in total. The molecule has 202 valence electrons. The van der Waals surface area contributed by atoms with Gasteiger partial charge in [-0.25, -0.2) is 15.0 Å². The summed E-state index contributed by atoms with van der Waals surface area (Å²) in [7, 11) is 0. The number of hydrogen-bond acceptors (Lipinski definition) is 3. The maximum absolute atomic E-state index is 8.85. The van der Waals surface area contributed by atoms with Gasteiger partial charge >= 0.3 is 0 Å². The van der Waals surface area contributed by atoms with E-state index in [9.17, 15) is 0 Å². The summed E-state index contributed by atoms with van der Waals surface area (Å²) in [6.45, 7) is 0. The summed E-state index contributed by atoms with van der Waals surface area (Å²) in [6, 6.07) is 31.1. The molecule has 4 heteroatoms. The predicted molar refractivity (Wildman–Crippen MR) is 176 cm³/mol. The molecule has 0 aliphatic carbocycles. The van der Waals surface area contributed by atoms with Gasteiger partial charge in [-0.3, -0.25) is 0 Å². The lowest BCUT2D eigenvalue weighted by molar-refractivity contribution is 1.07. The van der Waals surface area contributed by atoms with E-state index in [1.165, 1.54) is 4.57 Å². The molecular formula is C39H26N4. The number of benzene rings is 6. The van der Waals surface area contributed by atoms with E-state index in [1.807, 2.05) is 97.1 Å². The Morgan fingerprint density at radius 1 is 0.419 bits per heavy atom. The van der Waals surface area contributed by atoms with Crippen molar-refractivity contribution in [2.24, 2.45) is 0 Å². The molecule has 43 heavy (non-hydrogen) atoms. The maximum Gasteiger partial charge on any atom is 0.164 e. The van der Waals surface area contributed by atoms with E-state index in [1.54, 1.807) is 12.1 Å². The molecule has 0 atom stereocenters. The molecule has 0 fully saturated rings. The van der Waals surface area contributed by atoms with Gasteiger partial charge in [-0.05, 0) is 41.4 Å². The molecule has 0 aliphatic heterocycles. The second kappa shape index (κ2) is 10.5. The number of para-hydroxylation sites is 2. The molecule has 8 aromatic rings. The lowest BCUT2D eigenvalue weighted by Crippen LogP contribution is -2.00. The van der Waals surface area contributed by atoms with Crippen LogP contribution in [0.2, 0.25) is 0 Å². The van der Waals surface area contributed by atoms with Gasteiger partial charge in [-0.2, -0.15) is 0 Å². The number of aromatic nitrogens is 4. The highest BCUT2D eigenvalue weighted by atomic mass is 15.0. The molecule has 0 saturated heterocycles. The maximum atomic E-state index is 8.85. The van der Waals surface area contributed by atoms with Gasteiger partial charge in [0.2, 0.25) is 0 Å². The lowest BCUT2D eigenvalue weighted by Gasteiger charge is -2.12. The van der Waals surface area contributed by atoms with Crippen LogP contribution >= 0.6 is 0 Å². The monoisotopic (exact) mass is 558 g/mol. The quantitative estimate of drug-likeness (QED) is 0.211. The van der Waals surface area contributed by atoms with Crippen LogP contribution in [0.15, 0.2) is 158 Å². The average Bonchev–Trinajstić information content (AvgIpc) is 3.55. The molecule has 2 heterocycles. The smallest absolute Gasteiger partial charge is 0.164 e. The number of fused-ring (bicyclic) bond motifs is 3. The van der Waals surface area contributed by atoms with Crippen LogP contribution in [0.3, 0.4) is 0 Å². The number of rotatable bonds is 5. The minimum Gasteiger partial charge on any atom is -0.309 e. The van der Waals surface area contributed by atoms with Gasteiger partial charge in [-0.15, -0.1) is 0 Å². The van der Waals surface area contributed by atoms with Gasteiger partial charge in [0.25, 0.3) is 0 Å². The predicted octanol–water partition coefficient (Wildman–Crippen LogP) is 9.64. The summed E-state index contributed by atoms with van der Waals surface area (Å²) in [5.41, 5.74) is 4.62. The molecule has 0 amide bonds. The van der Waals surface area contributed by atoms with Crippen LogP contribution in [0.5, 0.6) is 0 Å². The van der Waals surface area contributed by atoms with Crippen LogP contribution in [0, 0.1) is 0 Å². The Balaban J connectivity index is 1.32. The first kappa shape index (κ1) is 17.8. The highest BCUT2D eigenvalue weighted by molar-refractivity contribution is 6.09. The van der Waals surface area contributed by atoms with Crippen molar-refractivity contribution in [3.8, 4) is 51.0 Å². The van der Waals surface area contributed by atoms with Crippen LogP contribution in [-0.4, -0.2) is 19.5 Å². The minimum absolute atomic E-state index is 0.0358. The van der Waals surface area contributed by atoms with E-state index in [2.05, 4.69) is 0 Å². The first-order valence-electron chi connectivity index (χ1n) is 17.7. The van der Waals surface area contributed by atoms with Crippen molar-refractivity contribution in [3.05, 3.63) is 158 Å². The normalized spacial score (nSPS) is 13.9. The number of nitrogens with zero attached hydrogens (tertiary/aromatic N) is 4. The Labute approximate surface area is 260 Å². The standard InChI is InChI=1S/C39H26N4/c1-3-13-27(14-4-1)37-40-38(28-15-5-2-6-16-28)42-39(41-37)31-19-11-17-29(25-31)30-18-12-20-32(26-30)43-35-23-9-7-21-33(35)34-22-8-10-24-36(34)43/h1-26H/i7D,8D,9D,10D,21D,22D,23D,24D. The lowest BCUT2D eigenvalue weighted by atomic mass is 10.0. The first-order chi connectivity index (χ1) is 24.6. The summed E-state index contributed by atoms with van der Waals surface area (Å²) in [5, 5.41) is 0.0716. The van der Waals surface area contributed by atoms with E-state index < -0.39 is 24.2 Å². The van der Waals surface area contributed by atoms with Crippen LogP contribution < -0.4 is 0 Å². The average molecular weight is 559 g/mol. The van der Waals surface area contributed by atoms with E-state index in [4.69, 9.17) is 25.9 Å². The van der Waals surface area contributed by atoms with Crippen molar-refractivity contribution >= 4 is 21.8 Å². The van der Waals surface area contributed by atoms with Crippen molar-refractivity contribution in [2.45, 2.75) is 0 Å². The Hall–Kier alpha value is -5.87. The molecule has 0 aliphatic rings. The number of hydrogen-bond donors (Lipinski definition) is 0. The third-order valence-corrected chi connectivity index (χ3v) is 7.29. The van der Waals surface area contributed by atoms with Gasteiger partial charge in [0.15, 0.2) is 17.5 Å². The zero-order valence-corrected chi connectivity index (χ0v) is 22.7. The molecule has 0 saturated carbocycles. The van der Waals surface area contributed by atoms with Crippen molar-refractivity contribution in [2.75, 3.05) is 0 Å². The van der Waals surface area contributed by atoms with Crippen molar-refractivity contribution in [1.29, 1.82) is 0 Å². The summed E-state index contributed by atoms with van der Waals surface area (Å²) in [4.78, 5) is 14.5. The van der Waals surface area contributed by atoms with Gasteiger partial charge in [0.05, 0.1) is 22.0 Å². The molecule has 0 unspecified atom stereocenters. The molecule has 6 aromatic carbocycles. The van der Waals surface area contributed by atoms with Crippen LogP contribution in [0.1, 0.15) is 11.0 Å². The van der Waals surface area contributed by atoms with Crippen LogP contribution in [0.4, 0.5) is 0 Å². The van der Waals surface area contributed by atoms with Crippen molar-refractivity contribution < 1.29 is 11.0 Å². The topological polar surface area (TPSA) is 43.6 Å². The molecule has 0 radical (unpaired) electrons. The van der Waals surface area contributed by atoms with Crippen LogP contribution in [-0.2, 0) is 0 Å². The zero-order chi connectivity index (χ0) is 35.6. The molecule has 4 nitrogen and oxygen atoms in total. The van der Waals surface area contributed by atoms with E-state index in [0.29, 0.717) is 23.2 Å². The second-order valence-corrected chi connectivity index (χ2v) is 9.95. The Kier molecular flexibility index (Phi) is 4.36. The molecule has 2 aromatic heterocycles. The summed E-state index contributed by atoms with van der Waals surface area (Å²) < 4.78 is 70.2. The largest absolute Gasteiger partial charge is 0.309 e. The van der Waals surface area contributed by atoms with Gasteiger partial charge in [0.1, 0.15) is 0 Å². The summed E-state index contributed by atoms with van der Waals surface area (Å²) in [6.07, 6.45) is 0. The molecule has 0 bridgehead atoms. The fourth-order valence-electron chi connectivity index (χ4n) is 5.28. The Morgan fingerprint density at radius 2 is 0.860 bits per heavy atom. The highest BCUT2D eigenvalue weighted by Gasteiger charge is 2.14. The molecule has 0 spiro atoms. The van der Waals surface area contributed by atoms with Crippen molar-refractivity contribution in [3.63, 3.8) is 0 Å². The van der Waals surface area contributed by atoms with Gasteiger partial charge < -0.3 is 4.57 Å². The third-order valence-electron chi connectivity index (χ3n) is 7.29. The van der Waals surface area contributed by atoms with E-state index in [0.717, 1.165) is 27.8 Å². The third kappa shape index (κ3) is 4.55. The van der Waals surface area contributed by atoms with E-state index in [-0.39, 0.29) is 46.0 Å². The Morgan fingerprint density at radius 3 is 1.44 bits per heavy atom. The zero-order valence-electron chi connectivity index (χ0n) is 30.7. The van der Waals surface area contributed by atoms with E-state index >= 15 is 0 Å². The summed E-state index contributed by atoms with van der Waals surface area (Å²) >= 11 is 0. The SMILES string of the molecule is [2H]c1c([2H])c([2H])c2c(c1[2H])c1c([2H])c([2H])c([2H])c([2H])c1n2-c1cccc(-c2cccc(-c3nc(-c4ccccc4)nc(-c4ccccc4)n3)c2)c1. The van der Waals surface area contributed by atoms with Crippen LogP contribution in [0.25, 0.3) is 72.8 Å². The first-order valence-corrected chi connectivity index (χ1v) is 13.7.